The van der Waals surface area contributed by atoms with E-state index in [0.29, 0.717) is 28.7 Å². The third kappa shape index (κ3) is 3.78. The number of amides is 1. The Hall–Kier alpha value is -3.79. The van der Waals surface area contributed by atoms with Crippen molar-refractivity contribution in [3.05, 3.63) is 60.1 Å². The van der Waals surface area contributed by atoms with Crippen LogP contribution in [-0.2, 0) is 11.8 Å². The van der Waals surface area contributed by atoms with Crippen molar-refractivity contribution in [2.75, 3.05) is 5.32 Å². The maximum absolute atomic E-state index is 12.1. The molecule has 0 spiro atoms. The minimum atomic E-state index is -0.259. The molecular formula is C22H20N6O. The average molecular weight is 384 g/mol. The van der Waals surface area contributed by atoms with Crippen LogP contribution in [-0.4, -0.2) is 25.7 Å². The van der Waals surface area contributed by atoms with Crippen LogP contribution in [0.3, 0.4) is 0 Å². The third-order valence-electron chi connectivity index (χ3n) is 4.88. The number of pyridine rings is 1. The van der Waals surface area contributed by atoms with Crippen LogP contribution in [0, 0.1) is 11.3 Å². The molecule has 2 heterocycles. The maximum Gasteiger partial charge on any atom is 0.251 e. The van der Waals surface area contributed by atoms with E-state index in [1.807, 2.05) is 29.8 Å². The molecule has 7 nitrogen and oxygen atoms in total. The molecule has 1 amide bonds. The molecule has 0 radical (unpaired) electrons. The number of hydrogen-bond donors (Lipinski definition) is 1. The molecule has 1 aliphatic rings. The van der Waals surface area contributed by atoms with Crippen molar-refractivity contribution in [1.29, 1.82) is 5.26 Å². The molecule has 2 aromatic heterocycles. The lowest BCUT2D eigenvalue weighted by atomic mass is 9.96. The summed E-state index contributed by atoms with van der Waals surface area (Å²) in [5.74, 6) is 1.30. The summed E-state index contributed by atoms with van der Waals surface area (Å²) in [4.78, 5) is 16.8. The molecule has 1 aliphatic carbocycles. The van der Waals surface area contributed by atoms with Gasteiger partial charge in [0.2, 0.25) is 0 Å². The van der Waals surface area contributed by atoms with Gasteiger partial charge in [-0.15, -0.1) is 10.2 Å². The van der Waals surface area contributed by atoms with Gasteiger partial charge in [-0.05, 0) is 55.2 Å². The fourth-order valence-electron chi connectivity index (χ4n) is 3.16. The van der Waals surface area contributed by atoms with E-state index in [9.17, 15) is 10.1 Å². The van der Waals surface area contributed by atoms with Crippen molar-refractivity contribution in [1.82, 2.24) is 19.7 Å². The summed E-state index contributed by atoms with van der Waals surface area (Å²) >= 11 is 0. The highest BCUT2D eigenvalue weighted by Crippen LogP contribution is 2.42. The van der Waals surface area contributed by atoms with Gasteiger partial charge in [0, 0.05) is 29.8 Å². The second kappa shape index (κ2) is 7.32. The Morgan fingerprint density at radius 2 is 2.07 bits per heavy atom. The van der Waals surface area contributed by atoms with Crippen molar-refractivity contribution < 1.29 is 4.79 Å². The van der Waals surface area contributed by atoms with E-state index in [0.717, 1.165) is 35.2 Å². The summed E-state index contributed by atoms with van der Waals surface area (Å²) in [7, 11) is 1.86. The Bertz CT molecular complexity index is 1170. The molecule has 1 saturated carbocycles. The highest BCUT2D eigenvalue weighted by atomic mass is 16.1. The highest BCUT2D eigenvalue weighted by molar-refractivity contribution is 6.02. The Kier molecular flexibility index (Phi) is 4.69. The van der Waals surface area contributed by atoms with Crippen LogP contribution >= 0.6 is 0 Å². The van der Waals surface area contributed by atoms with Crippen molar-refractivity contribution in [2.24, 2.45) is 7.05 Å². The number of aryl methyl sites for hydroxylation is 1. The molecule has 29 heavy (non-hydrogen) atoms. The van der Waals surface area contributed by atoms with Gasteiger partial charge in [-0.2, -0.15) is 5.26 Å². The van der Waals surface area contributed by atoms with Crippen molar-refractivity contribution in [3.63, 3.8) is 0 Å². The van der Waals surface area contributed by atoms with E-state index in [-0.39, 0.29) is 5.91 Å². The Morgan fingerprint density at radius 3 is 2.69 bits per heavy atom. The quantitative estimate of drug-likeness (QED) is 0.675. The standard InChI is InChI=1S/C22H20N6O/c1-13(2)22(29)26-20-10-16(9-19(25-20)15-5-6-15)17-7-4-14(11-23)8-18(17)21-27-24-12-28(21)3/h4,7-10,12,15H,1,5-6H2,2-3H3,(H,25,26,29). The molecule has 1 N–H and O–H groups in total. The van der Waals surface area contributed by atoms with E-state index in [1.165, 1.54) is 0 Å². The smallest absolute Gasteiger partial charge is 0.251 e. The monoisotopic (exact) mass is 384 g/mol. The number of rotatable bonds is 5. The van der Waals surface area contributed by atoms with Gasteiger partial charge in [0.15, 0.2) is 5.82 Å². The van der Waals surface area contributed by atoms with E-state index < -0.39 is 0 Å². The van der Waals surface area contributed by atoms with E-state index >= 15 is 0 Å². The number of carbonyl (C=O) groups excluding carboxylic acids is 1. The lowest BCUT2D eigenvalue weighted by Gasteiger charge is -2.13. The zero-order valence-electron chi connectivity index (χ0n) is 16.3. The van der Waals surface area contributed by atoms with Crippen molar-refractivity contribution >= 4 is 11.7 Å². The van der Waals surface area contributed by atoms with Crippen LogP contribution in [0.1, 0.15) is 36.9 Å². The number of benzene rings is 1. The van der Waals surface area contributed by atoms with E-state index in [4.69, 9.17) is 0 Å². The molecule has 1 aromatic carbocycles. The van der Waals surface area contributed by atoms with Gasteiger partial charge < -0.3 is 9.88 Å². The van der Waals surface area contributed by atoms with Gasteiger partial charge in [0.05, 0.1) is 11.6 Å². The predicted molar refractivity (Wildman–Crippen MR) is 110 cm³/mol. The molecule has 0 aliphatic heterocycles. The zero-order valence-corrected chi connectivity index (χ0v) is 16.3. The summed E-state index contributed by atoms with van der Waals surface area (Å²) in [5, 5.41) is 20.4. The predicted octanol–water partition coefficient (Wildman–Crippen LogP) is 3.81. The summed E-state index contributed by atoms with van der Waals surface area (Å²) in [6, 6.07) is 11.6. The number of carbonyl (C=O) groups is 1. The van der Waals surface area contributed by atoms with Crippen LogP contribution in [0.25, 0.3) is 22.5 Å². The largest absolute Gasteiger partial charge is 0.317 e. The van der Waals surface area contributed by atoms with Crippen LogP contribution in [0.2, 0.25) is 0 Å². The zero-order chi connectivity index (χ0) is 20.5. The van der Waals surface area contributed by atoms with Gasteiger partial charge in [-0.3, -0.25) is 4.79 Å². The first-order chi connectivity index (χ1) is 14.0. The third-order valence-corrected chi connectivity index (χ3v) is 4.88. The number of aromatic nitrogens is 4. The number of nitriles is 1. The first-order valence-corrected chi connectivity index (χ1v) is 9.34. The Labute approximate surface area is 168 Å². The van der Waals surface area contributed by atoms with E-state index in [2.05, 4.69) is 39.2 Å². The Balaban J connectivity index is 1.87. The van der Waals surface area contributed by atoms with Crippen LogP contribution in [0.4, 0.5) is 5.82 Å². The van der Waals surface area contributed by atoms with Crippen LogP contribution in [0.5, 0.6) is 0 Å². The highest BCUT2D eigenvalue weighted by Gasteiger charge is 2.26. The first kappa shape index (κ1) is 18.6. The lowest BCUT2D eigenvalue weighted by Crippen LogP contribution is -2.13. The minimum absolute atomic E-state index is 0.259. The first-order valence-electron chi connectivity index (χ1n) is 9.34. The summed E-state index contributed by atoms with van der Waals surface area (Å²) in [6.07, 6.45) is 3.81. The topological polar surface area (TPSA) is 96.5 Å². The minimum Gasteiger partial charge on any atom is -0.317 e. The van der Waals surface area contributed by atoms with Gasteiger partial charge in [-0.25, -0.2) is 4.98 Å². The second-order valence-electron chi connectivity index (χ2n) is 7.31. The fraction of sp³-hybridized carbons (Fsp3) is 0.227. The summed E-state index contributed by atoms with van der Waals surface area (Å²) in [5.41, 5.74) is 4.51. The molecule has 1 fully saturated rings. The molecule has 0 bridgehead atoms. The van der Waals surface area contributed by atoms with Gasteiger partial charge in [-0.1, -0.05) is 12.6 Å². The summed E-state index contributed by atoms with van der Waals surface area (Å²) < 4.78 is 1.81. The summed E-state index contributed by atoms with van der Waals surface area (Å²) in [6.45, 7) is 5.35. The van der Waals surface area contributed by atoms with Gasteiger partial charge >= 0.3 is 0 Å². The second-order valence-corrected chi connectivity index (χ2v) is 7.31. The van der Waals surface area contributed by atoms with Crippen LogP contribution < -0.4 is 5.32 Å². The van der Waals surface area contributed by atoms with Crippen molar-refractivity contribution in [2.45, 2.75) is 25.7 Å². The number of nitrogens with one attached hydrogen (secondary N) is 1. The maximum atomic E-state index is 12.1. The molecule has 144 valence electrons. The molecule has 3 aromatic rings. The van der Waals surface area contributed by atoms with Crippen LogP contribution in [0.15, 0.2) is 48.8 Å². The number of nitrogens with zero attached hydrogens (tertiary/aromatic N) is 5. The molecule has 4 rings (SSSR count). The number of anilines is 1. The molecule has 0 saturated heterocycles. The van der Waals surface area contributed by atoms with Crippen molar-refractivity contribution in [3.8, 4) is 28.6 Å². The molecular weight excluding hydrogens is 364 g/mol. The number of hydrogen-bond acceptors (Lipinski definition) is 5. The molecule has 0 unspecified atom stereocenters. The normalized spacial score (nSPS) is 13.0. The fourth-order valence-corrected chi connectivity index (χ4v) is 3.16. The van der Waals surface area contributed by atoms with E-state index in [1.54, 1.807) is 19.3 Å². The van der Waals surface area contributed by atoms with Gasteiger partial charge in [0.25, 0.3) is 5.91 Å². The molecule has 7 heteroatoms. The Morgan fingerprint density at radius 1 is 1.28 bits per heavy atom. The average Bonchev–Trinajstić information content (AvgIpc) is 3.48. The SMILES string of the molecule is C=C(C)C(=O)Nc1cc(-c2ccc(C#N)cc2-c2nncn2C)cc(C2CC2)n1. The lowest BCUT2D eigenvalue weighted by molar-refractivity contribution is -0.112. The molecule has 0 atom stereocenters. The van der Waals surface area contributed by atoms with Gasteiger partial charge in [0.1, 0.15) is 12.1 Å².